The van der Waals surface area contributed by atoms with Gasteiger partial charge in [0.05, 0.1) is 5.54 Å². The molecule has 1 aromatic carbocycles. The van der Waals surface area contributed by atoms with Gasteiger partial charge in [-0.15, -0.1) is 0 Å². The number of amidine groups is 1. The molecule has 0 bridgehead atoms. The lowest BCUT2D eigenvalue weighted by molar-refractivity contribution is -0.00290. The highest BCUT2D eigenvalue weighted by atomic mass is 32.2. The van der Waals surface area contributed by atoms with Crippen molar-refractivity contribution in [3.05, 3.63) is 83.9 Å². The molecule has 2 aromatic rings. The van der Waals surface area contributed by atoms with Gasteiger partial charge in [0.2, 0.25) is 0 Å². The van der Waals surface area contributed by atoms with Crippen LogP contribution < -0.4 is 5.73 Å². The van der Waals surface area contributed by atoms with Gasteiger partial charge in [-0.2, -0.15) is 0 Å². The van der Waals surface area contributed by atoms with Crippen molar-refractivity contribution < 1.29 is 4.74 Å². The van der Waals surface area contributed by atoms with E-state index < -0.39 is 0 Å². The fourth-order valence-electron chi connectivity index (χ4n) is 4.59. The molecule has 3 unspecified atom stereocenters. The van der Waals surface area contributed by atoms with Gasteiger partial charge < -0.3 is 10.5 Å². The average Bonchev–Trinajstić information content (AvgIpc) is 2.75. The summed E-state index contributed by atoms with van der Waals surface area (Å²) in [4.78, 5) is 9.34. The number of aromatic nitrogens is 1. The first-order chi connectivity index (χ1) is 13.7. The number of ether oxygens (including phenoxy) is 1. The second-order valence-corrected chi connectivity index (χ2v) is 8.75. The van der Waals surface area contributed by atoms with E-state index in [2.05, 4.69) is 47.5 Å². The summed E-state index contributed by atoms with van der Waals surface area (Å²) in [5.74, 6) is 2.26. The third kappa shape index (κ3) is 3.14. The van der Waals surface area contributed by atoms with Crippen molar-refractivity contribution >= 4 is 22.5 Å². The van der Waals surface area contributed by atoms with Gasteiger partial charge in [0.25, 0.3) is 0 Å². The van der Waals surface area contributed by atoms with Gasteiger partial charge in [-0.1, -0.05) is 54.2 Å². The highest BCUT2D eigenvalue weighted by Crippen LogP contribution is 2.53. The normalized spacial score (nSPS) is 29.2. The lowest BCUT2D eigenvalue weighted by Crippen LogP contribution is -2.47. The summed E-state index contributed by atoms with van der Waals surface area (Å²) in [7, 11) is 0. The van der Waals surface area contributed by atoms with Crippen molar-refractivity contribution in [1.29, 1.82) is 0 Å². The Morgan fingerprint density at radius 1 is 1.11 bits per heavy atom. The number of benzene rings is 1. The molecule has 0 amide bonds. The molecule has 1 spiro atoms. The first kappa shape index (κ1) is 17.6. The summed E-state index contributed by atoms with van der Waals surface area (Å²) in [5.41, 5.74) is 9.67. The van der Waals surface area contributed by atoms with E-state index in [1.165, 1.54) is 16.7 Å². The van der Waals surface area contributed by atoms with E-state index >= 15 is 0 Å². The van der Waals surface area contributed by atoms with Crippen LogP contribution in [0.2, 0.25) is 0 Å². The zero-order chi connectivity index (χ0) is 19.0. The summed E-state index contributed by atoms with van der Waals surface area (Å²) in [6, 6.07) is 14.6. The molecule has 2 aliphatic heterocycles. The van der Waals surface area contributed by atoms with Gasteiger partial charge in [-0.05, 0) is 41.7 Å². The topological polar surface area (TPSA) is 60.5 Å². The first-order valence-corrected chi connectivity index (χ1v) is 10.7. The van der Waals surface area contributed by atoms with E-state index in [1.807, 2.05) is 24.5 Å². The smallest absolute Gasteiger partial charge is 0.154 e. The fraction of sp³-hybridized carbons (Fsp3) is 0.304. The molecule has 0 saturated carbocycles. The van der Waals surface area contributed by atoms with E-state index in [0.717, 1.165) is 30.8 Å². The molecule has 1 fully saturated rings. The maximum Gasteiger partial charge on any atom is 0.154 e. The minimum Gasteiger partial charge on any atom is -0.490 e. The van der Waals surface area contributed by atoms with Crippen LogP contribution in [-0.4, -0.2) is 21.4 Å². The number of rotatable bonds is 2. The summed E-state index contributed by atoms with van der Waals surface area (Å²) in [5, 5.41) is 0.705. The van der Waals surface area contributed by atoms with Gasteiger partial charge in [0.15, 0.2) is 5.17 Å². The van der Waals surface area contributed by atoms with Crippen LogP contribution in [0.5, 0.6) is 0 Å². The van der Waals surface area contributed by atoms with E-state index in [9.17, 15) is 0 Å². The molecule has 0 radical (unpaired) electrons. The Morgan fingerprint density at radius 3 is 2.79 bits per heavy atom. The molecule has 1 saturated heterocycles. The third-order valence-electron chi connectivity index (χ3n) is 6.00. The Balaban J connectivity index is 1.56. The van der Waals surface area contributed by atoms with E-state index in [4.69, 9.17) is 15.5 Å². The molecule has 1 aromatic heterocycles. The van der Waals surface area contributed by atoms with Crippen LogP contribution >= 0.6 is 11.8 Å². The number of hydrogen-bond acceptors (Lipinski definition) is 5. The highest BCUT2D eigenvalue weighted by molar-refractivity contribution is 8.13. The van der Waals surface area contributed by atoms with Crippen LogP contribution in [0.3, 0.4) is 0 Å². The quantitative estimate of drug-likeness (QED) is 0.807. The van der Waals surface area contributed by atoms with Crippen molar-refractivity contribution in [3.8, 4) is 0 Å². The maximum absolute atomic E-state index is 6.51. The second-order valence-electron chi connectivity index (χ2n) is 7.63. The summed E-state index contributed by atoms with van der Waals surface area (Å²) >= 11 is 1.66. The van der Waals surface area contributed by atoms with E-state index in [0.29, 0.717) is 5.17 Å². The highest BCUT2D eigenvalue weighted by Gasteiger charge is 2.50. The van der Waals surface area contributed by atoms with Crippen molar-refractivity contribution in [2.75, 3.05) is 5.75 Å². The van der Waals surface area contributed by atoms with Crippen molar-refractivity contribution in [3.63, 3.8) is 0 Å². The number of nitrogens with two attached hydrogens (primary N) is 1. The second kappa shape index (κ2) is 7.13. The summed E-state index contributed by atoms with van der Waals surface area (Å²) < 4.78 is 6.51. The monoisotopic (exact) mass is 389 g/mol. The zero-order valence-electron chi connectivity index (χ0n) is 15.6. The third-order valence-corrected chi connectivity index (χ3v) is 6.80. The summed E-state index contributed by atoms with van der Waals surface area (Å²) in [6.45, 7) is 0. The maximum atomic E-state index is 6.51. The Labute approximate surface area is 169 Å². The molecular formula is C23H23N3OS. The zero-order valence-corrected chi connectivity index (χ0v) is 16.4. The lowest BCUT2D eigenvalue weighted by atomic mass is 9.69. The van der Waals surface area contributed by atoms with Gasteiger partial charge >= 0.3 is 0 Å². The predicted octanol–water partition coefficient (Wildman–Crippen LogP) is 4.72. The molecule has 1 aliphatic carbocycles. The molecule has 28 heavy (non-hydrogen) atoms. The molecule has 2 N–H and O–H groups in total. The number of thioether (sulfide) groups is 1. The molecule has 4 nitrogen and oxygen atoms in total. The number of nitrogens with zero attached hydrogens (tertiary/aromatic N) is 2. The van der Waals surface area contributed by atoms with Crippen molar-refractivity contribution in [1.82, 2.24) is 4.98 Å². The Hall–Kier alpha value is -2.53. The number of aliphatic imine (C=N–C) groups is 1. The fourth-order valence-corrected chi connectivity index (χ4v) is 5.50. The van der Waals surface area contributed by atoms with Gasteiger partial charge in [-0.25, -0.2) is 0 Å². The van der Waals surface area contributed by atoms with Crippen molar-refractivity contribution in [2.45, 2.75) is 30.9 Å². The molecular weight excluding hydrogens is 366 g/mol. The summed E-state index contributed by atoms with van der Waals surface area (Å²) in [6.07, 6.45) is 10.9. The SMILES string of the molecule is NC1=NC2(CCS1)CC(c1ccccc1)OC1=CC=C(c3cccnc3)CC12. The van der Waals surface area contributed by atoms with Crippen LogP contribution in [0.1, 0.15) is 36.5 Å². The standard InChI is InChI=1S/C23H23N3OS/c24-22-26-23(10-12-28-22)14-21(16-5-2-1-3-6-16)27-20-9-8-17(13-19(20)23)18-7-4-11-25-15-18/h1-9,11,15,19,21H,10,12-14H2,(H2,24,26). The Morgan fingerprint density at radius 2 is 2.00 bits per heavy atom. The Kier molecular flexibility index (Phi) is 4.47. The number of pyridine rings is 1. The predicted molar refractivity (Wildman–Crippen MR) is 115 cm³/mol. The average molecular weight is 390 g/mol. The molecule has 3 atom stereocenters. The van der Waals surface area contributed by atoms with E-state index in [-0.39, 0.29) is 17.6 Å². The molecule has 5 rings (SSSR count). The molecule has 3 aliphatic rings. The van der Waals surface area contributed by atoms with Gasteiger partial charge in [0, 0.05) is 30.5 Å². The minimum absolute atomic E-state index is 0.0108. The van der Waals surface area contributed by atoms with Gasteiger partial charge in [0.1, 0.15) is 11.9 Å². The largest absolute Gasteiger partial charge is 0.490 e. The number of hydrogen-bond donors (Lipinski definition) is 1. The van der Waals surface area contributed by atoms with Crippen LogP contribution in [0.15, 0.2) is 77.8 Å². The van der Waals surface area contributed by atoms with Crippen LogP contribution in [0, 0.1) is 5.92 Å². The van der Waals surface area contributed by atoms with Crippen LogP contribution in [0.4, 0.5) is 0 Å². The molecule has 142 valence electrons. The minimum atomic E-state index is -0.207. The first-order valence-electron chi connectivity index (χ1n) is 9.74. The van der Waals surface area contributed by atoms with Crippen molar-refractivity contribution in [2.24, 2.45) is 16.6 Å². The molecule has 3 heterocycles. The number of allylic oxidation sites excluding steroid dienone is 3. The van der Waals surface area contributed by atoms with E-state index in [1.54, 1.807) is 11.8 Å². The number of fused-ring (bicyclic) bond motifs is 2. The molecule has 5 heteroatoms. The van der Waals surface area contributed by atoms with Crippen LogP contribution in [0.25, 0.3) is 5.57 Å². The van der Waals surface area contributed by atoms with Gasteiger partial charge in [-0.3, -0.25) is 9.98 Å². The van der Waals surface area contributed by atoms with Crippen LogP contribution in [-0.2, 0) is 4.74 Å². The Bertz CT molecular complexity index is 954. The lowest BCUT2D eigenvalue weighted by Gasteiger charge is -2.48.